The Hall–Kier alpha value is -1.86. The van der Waals surface area contributed by atoms with Crippen LogP contribution in [0.2, 0.25) is 0 Å². The molecule has 1 saturated carbocycles. The number of rotatable bonds is 8. The molecule has 1 aliphatic rings. The minimum atomic E-state index is -0.868. The van der Waals surface area contributed by atoms with E-state index in [1.807, 2.05) is 31.2 Å². The number of aliphatic carboxylic acids is 1. The average Bonchev–Trinajstić information content (AvgIpc) is 3.38. The number of carboxylic acids is 1. The molecule has 1 atom stereocenters. The number of carbonyl (C=O) groups excluding carboxylic acids is 1. The third-order valence-electron chi connectivity index (χ3n) is 4.30. The highest BCUT2D eigenvalue weighted by molar-refractivity contribution is 7.98. The first-order valence-electron chi connectivity index (χ1n) is 8.61. The SMILES string of the molecule is Cc1nc(CSc2ccc(C(=O)N(CC(C)C(=O)O)C3CC3)cc2)cs1. The van der Waals surface area contributed by atoms with Crippen molar-refractivity contribution in [1.82, 2.24) is 9.88 Å². The maximum atomic E-state index is 12.8. The summed E-state index contributed by atoms with van der Waals surface area (Å²) in [6, 6.07) is 7.74. The van der Waals surface area contributed by atoms with Crippen LogP contribution in [-0.2, 0) is 10.5 Å². The molecule has 138 valence electrons. The summed E-state index contributed by atoms with van der Waals surface area (Å²) in [7, 11) is 0. The van der Waals surface area contributed by atoms with Gasteiger partial charge in [-0.2, -0.15) is 0 Å². The Morgan fingerprint density at radius 2 is 2.04 bits per heavy atom. The molecule has 2 aromatic rings. The number of aromatic nitrogens is 1. The molecular weight excluding hydrogens is 368 g/mol. The van der Waals surface area contributed by atoms with Gasteiger partial charge < -0.3 is 10.0 Å². The second-order valence-electron chi connectivity index (χ2n) is 6.60. The van der Waals surface area contributed by atoms with Gasteiger partial charge in [-0.1, -0.05) is 6.92 Å². The smallest absolute Gasteiger partial charge is 0.308 e. The van der Waals surface area contributed by atoms with E-state index in [1.54, 1.807) is 34.9 Å². The van der Waals surface area contributed by atoms with E-state index in [0.29, 0.717) is 5.56 Å². The third kappa shape index (κ3) is 4.86. The molecule has 1 heterocycles. The molecule has 3 rings (SSSR count). The number of thiazole rings is 1. The minimum absolute atomic E-state index is 0.0766. The van der Waals surface area contributed by atoms with Gasteiger partial charge in [0.2, 0.25) is 0 Å². The maximum absolute atomic E-state index is 12.8. The van der Waals surface area contributed by atoms with Crippen molar-refractivity contribution in [3.8, 4) is 0 Å². The fraction of sp³-hybridized carbons (Fsp3) is 0.421. The van der Waals surface area contributed by atoms with Gasteiger partial charge in [0.1, 0.15) is 0 Å². The Balaban J connectivity index is 1.62. The zero-order valence-electron chi connectivity index (χ0n) is 14.8. The number of nitrogens with zero attached hydrogens (tertiary/aromatic N) is 2. The van der Waals surface area contributed by atoms with Gasteiger partial charge in [-0.15, -0.1) is 23.1 Å². The van der Waals surface area contributed by atoms with Gasteiger partial charge in [0.05, 0.1) is 16.6 Å². The molecule has 0 spiro atoms. The number of carbonyl (C=O) groups is 2. The van der Waals surface area contributed by atoms with Crippen LogP contribution in [0, 0.1) is 12.8 Å². The van der Waals surface area contributed by atoms with Gasteiger partial charge in [-0.05, 0) is 44.0 Å². The number of hydrogen-bond acceptors (Lipinski definition) is 5. The summed E-state index contributed by atoms with van der Waals surface area (Å²) < 4.78 is 0. The highest BCUT2D eigenvalue weighted by Gasteiger charge is 2.34. The second kappa shape index (κ2) is 8.22. The van der Waals surface area contributed by atoms with Crippen molar-refractivity contribution in [3.63, 3.8) is 0 Å². The molecule has 0 bridgehead atoms. The minimum Gasteiger partial charge on any atom is -0.481 e. The molecule has 0 radical (unpaired) electrons. The first-order chi connectivity index (χ1) is 12.4. The van der Waals surface area contributed by atoms with Gasteiger partial charge >= 0.3 is 5.97 Å². The van der Waals surface area contributed by atoms with Crippen LogP contribution in [0.15, 0.2) is 34.5 Å². The summed E-state index contributed by atoms with van der Waals surface area (Å²) >= 11 is 3.34. The van der Waals surface area contributed by atoms with E-state index >= 15 is 0 Å². The number of carboxylic acid groups (broad SMARTS) is 1. The van der Waals surface area contributed by atoms with E-state index in [2.05, 4.69) is 10.4 Å². The Bertz CT molecular complexity index is 784. The summed E-state index contributed by atoms with van der Waals surface area (Å²) in [5, 5.41) is 12.3. The highest BCUT2D eigenvalue weighted by atomic mass is 32.2. The molecule has 0 aliphatic heterocycles. The molecule has 7 heteroatoms. The summed E-state index contributed by atoms with van der Waals surface area (Å²) in [5.74, 6) is -0.696. The Morgan fingerprint density at radius 3 is 2.58 bits per heavy atom. The molecule has 1 aliphatic carbocycles. The zero-order valence-corrected chi connectivity index (χ0v) is 16.5. The van der Waals surface area contributed by atoms with Crippen molar-refractivity contribution in [2.75, 3.05) is 6.54 Å². The summed E-state index contributed by atoms with van der Waals surface area (Å²) in [5.41, 5.74) is 1.68. The fourth-order valence-corrected chi connectivity index (χ4v) is 4.16. The summed E-state index contributed by atoms with van der Waals surface area (Å²) in [6.45, 7) is 3.90. The van der Waals surface area contributed by atoms with Crippen molar-refractivity contribution >= 4 is 35.0 Å². The molecule has 1 aromatic carbocycles. The van der Waals surface area contributed by atoms with Crippen LogP contribution < -0.4 is 0 Å². The average molecular weight is 391 g/mol. The normalized spacial score (nSPS) is 14.8. The Kier molecular flexibility index (Phi) is 5.98. The zero-order chi connectivity index (χ0) is 18.7. The van der Waals surface area contributed by atoms with Crippen LogP contribution >= 0.6 is 23.1 Å². The lowest BCUT2D eigenvalue weighted by molar-refractivity contribution is -0.141. The monoisotopic (exact) mass is 390 g/mol. The topological polar surface area (TPSA) is 70.5 Å². The van der Waals surface area contributed by atoms with E-state index in [0.717, 1.165) is 34.2 Å². The van der Waals surface area contributed by atoms with Crippen LogP contribution in [0.3, 0.4) is 0 Å². The van der Waals surface area contributed by atoms with Crippen molar-refractivity contribution < 1.29 is 14.7 Å². The fourth-order valence-electron chi connectivity index (χ4n) is 2.65. The van der Waals surface area contributed by atoms with E-state index in [9.17, 15) is 9.59 Å². The van der Waals surface area contributed by atoms with E-state index in [4.69, 9.17) is 5.11 Å². The van der Waals surface area contributed by atoms with Crippen LogP contribution in [-0.4, -0.2) is 39.5 Å². The van der Waals surface area contributed by atoms with Crippen LogP contribution in [0.4, 0.5) is 0 Å². The number of amides is 1. The number of aryl methyl sites for hydroxylation is 1. The number of thioether (sulfide) groups is 1. The predicted molar refractivity (Wildman–Crippen MR) is 104 cm³/mol. The molecule has 1 unspecified atom stereocenters. The molecule has 1 N–H and O–H groups in total. The highest BCUT2D eigenvalue weighted by Crippen LogP contribution is 2.30. The molecular formula is C19H22N2O3S2. The van der Waals surface area contributed by atoms with Crippen molar-refractivity contribution in [1.29, 1.82) is 0 Å². The Morgan fingerprint density at radius 1 is 1.35 bits per heavy atom. The lowest BCUT2D eigenvalue weighted by Gasteiger charge is -2.24. The predicted octanol–water partition coefficient (Wildman–Crippen LogP) is 4.07. The van der Waals surface area contributed by atoms with Crippen LogP contribution in [0.5, 0.6) is 0 Å². The molecule has 1 fully saturated rings. The lowest BCUT2D eigenvalue weighted by Crippen LogP contribution is -2.38. The third-order valence-corrected chi connectivity index (χ3v) is 6.16. The van der Waals surface area contributed by atoms with Crippen LogP contribution in [0.25, 0.3) is 0 Å². The first kappa shape index (κ1) is 18.9. The van der Waals surface area contributed by atoms with E-state index in [1.165, 1.54) is 0 Å². The number of hydrogen-bond donors (Lipinski definition) is 1. The van der Waals surface area contributed by atoms with Gasteiger partial charge in [-0.3, -0.25) is 9.59 Å². The van der Waals surface area contributed by atoms with Gasteiger partial charge in [0.25, 0.3) is 5.91 Å². The Labute approximate surface area is 161 Å². The second-order valence-corrected chi connectivity index (χ2v) is 8.71. The standard InChI is InChI=1S/C19H22N2O3S2/c1-12(19(23)24)9-21(16-5-6-16)18(22)14-3-7-17(8-4-14)26-11-15-10-25-13(2)20-15/h3-4,7-8,10,12,16H,5-6,9,11H2,1-2H3,(H,23,24). The molecule has 0 saturated heterocycles. The largest absolute Gasteiger partial charge is 0.481 e. The number of benzene rings is 1. The molecule has 1 amide bonds. The lowest BCUT2D eigenvalue weighted by atomic mass is 10.1. The van der Waals surface area contributed by atoms with Crippen LogP contribution in [0.1, 0.15) is 40.8 Å². The molecule has 5 nitrogen and oxygen atoms in total. The van der Waals surface area contributed by atoms with Crippen molar-refractivity contribution in [3.05, 3.63) is 45.9 Å². The first-order valence-corrected chi connectivity index (χ1v) is 10.5. The molecule has 1 aromatic heterocycles. The summed E-state index contributed by atoms with van der Waals surface area (Å²) in [6.07, 6.45) is 1.91. The van der Waals surface area contributed by atoms with E-state index < -0.39 is 11.9 Å². The van der Waals surface area contributed by atoms with Crippen molar-refractivity contribution in [2.45, 2.75) is 43.4 Å². The van der Waals surface area contributed by atoms with Gasteiger partial charge in [-0.25, -0.2) is 4.98 Å². The maximum Gasteiger partial charge on any atom is 0.308 e. The van der Waals surface area contributed by atoms with Gasteiger partial charge in [0, 0.05) is 34.2 Å². The molecule has 26 heavy (non-hydrogen) atoms. The summed E-state index contributed by atoms with van der Waals surface area (Å²) in [4.78, 5) is 31.2. The quantitative estimate of drug-likeness (QED) is 0.688. The van der Waals surface area contributed by atoms with Crippen molar-refractivity contribution in [2.24, 2.45) is 5.92 Å². The van der Waals surface area contributed by atoms with Gasteiger partial charge in [0.15, 0.2) is 0 Å². The van der Waals surface area contributed by atoms with E-state index in [-0.39, 0.29) is 18.5 Å².